The normalized spacial score (nSPS) is 16.3. The van der Waals surface area contributed by atoms with Crippen LogP contribution in [0.15, 0.2) is 42.5 Å². The van der Waals surface area contributed by atoms with Crippen LogP contribution in [0.3, 0.4) is 0 Å². The van der Waals surface area contributed by atoms with E-state index in [1.165, 1.54) is 11.1 Å². The third-order valence-corrected chi connectivity index (χ3v) is 6.33. The molecule has 2 aromatic carbocycles. The van der Waals surface area contributed by atoms with Crippen molar-refractivity contribution in [1.82, 2.24) is 0 Å². The summed E-state index contributed by atoms with van der Waals surface area (Å²) in [6.45, 7) is 7.16. The van der Waals surface area contributed by atoms with Crippen molar-refractivity contribution in [3.8, 4) is 5.75 Å². The number of anilines is 2. The fourth-order valence-electron chi connectivity index (χ4n) is 4.48. The number of nitrogens with one attached hydrogen (secondary N) is 1. The number of hydrogen-bond acceptors (Lipinski definition) is 3. The third kappa shape index (κ3) is 4.92. The summed E-state index contributed by atoms with van der Waals surface area (Å²) in [7, 11) is 0. The van der Waals surface area contributed by atoms with E-state index in [2.05, 4.69) is 26.1 Å². The lowest BCUT2D eigenvalue weighted by Crippen LogP contribution is -2.33. The third-order valence-electron chi connectivity index (χ3n) is 6.33. The molecule has 0 radical (unpaired) electrons. The maximum Gasteiger partial charge on any atom is 0.262 e. The van der Waals surface area contributed by atoms with Gasteiger partial charge < -0.3 is 15.0 Å². The molecule has 4 rings (SSSR count). The average molecular weight is 421 g/mol. The summed E-state index contributed by atoms with van der Waals surface area (Å²) in [5, 5.41) is 2.90. The Kier molecular flexibility index (Phi) is 6.03. The molecule has 2 aromatic rings. The molecule has 0 unspecified atom stereocenters. The molecular weight excluding hydrogens is 388 g/mol. The Morgan fingerprint density at radius 2 is 1.77 bits per heavy atom. The van der Waals surface area contributed by atoms with E-state index >= 15 is 0 Å². The lowest BCUT2D eigenvalue weighted by Gasteiger charge is -2.21. The maximum absolute atomic E-state index is 12.9. The molecule has 2 aliphatic rings. The van der Waals surface area contributed by atoms with Crippen molar-refractivity contribution in [3.63, 3.8) is 0 Å². The van der Waals surface area contributed by atoms with E-state index in [0.29, 0.717) is 11.4 Å². The van der Waals surface area contributed by atoms with Gasteiger partial charge in [0.1, 0.15) is 5.75 Å². The number of fused-ring (bicyclic) bond motifs is 1. The molecule has 1 heterocycles. The molecule has 5 nitrogen and oxygen atoms in total. The number of amides is 2. The predicted molar refractivity (Wildman–Crippen MR) is 124 cm³/mol. The van der Waals surface area contributed by atoms with Crippen LogP contribution in [0, 0.1) is 5.92 Å². The molecule has 164 valence electrons. The lowest BCUT2D eigenvalue weighted by atomic mass is 9.87. The van der Waals surface area contributed by atoms with Crippen molar-refractivity contribution in [2.24, 2.45) is 5.92 Å². The largest absolute Gasteiger partial charge is 0.484 e. The second-order valence-electron chi connectivity index (χ2n) is 9.68. The van der Waals surface area contributed by atoms with Crippen LogP contribution in [0.2, 0.25) is 0 Å². The van der Waals surface area contributed by atoms with Crippen LogP contribution < -0.4 is 15.0 Å². The first kappa shape index (κ1) is 21.4. The Morgan fingerprint density at radius 3 is 2.45 bits per heavy atom. The van der Waals surface area contributed by atoms with Crippen molar-refractivity contribution in [2.45, 2.75) is 58.3 Å². The first-order valence-electron chi connectivity index (χ1n) is 11.3. The molecule has 0 aromatic heterocycles. The van der Waals surface area contributed by atoms with Crippen LogP contribution in [-0.2, 0) is 21.4 Å². The van der Waals surface area contributed by atoms with Crippen molar-refractivity contribution in [1.29, 1.82) is 0 Å². The predicted octanol–water partition coefficient (Wildman–Crippen LogP) is 5.08. The molecular formula is C26H32N2O3. The van der Waals surface area contributed by atoms with Gasteiger partial charge in [-0.3, -0.25) is 9.59 Å². The van der Waals surface area contributed by atoms with E-state index in [4.69, 9.17) is 4.74 Å². The fraction of sp³-hybridized carbons (Fsp3) is 0.462. The summed E-state index contributed by atoms with van der Waals surface area (Å²) in [5.74, 6) is 0.848. The summed E-state index contributed by atoms with van der Waals surface area (Å²) >= 11 is 0. The maximum atomic E-state index is 12.9. The molecule has 5 heteroatoms. The number of carbonyl (C=O) groups excluding carboxylic acids is 2. The molecule has 31 heavy (non-hydrogen) atoms. The van der Waals surface area contributed by atoms with E-state index in [9.17, 15) is 9.59 Å². The number of benzene rings is 2. The fourth-order valence-corrected chi connectivity index (χ4v) is 4.48. The molecule has 0 spiro atoms. The van der Waals surface area contributed by atoms with E-state index in [1.54, 1.807) is 0 Å². The van der Waals surface area contributed by atoms with Gasteiger partial charge in [-0.1, -0.05) is 51.8 Å². The average Bonchev–Trinajstić information content (AvgIpc) is 3.41. The first-order chi connectivity index (χ1) is 14.8. The highest BCUT2D eigenvalue weighted by Crippen LogP contribution is 2.35. The van der Waals surface area contributed by atoms with Crippen LogP contribution >= 0.6 is 0 Å². The van der Waals surface area contributed by atoms with Crippen molar-refractivity contribution in [2.75, 3.05) is 23.4 Å². The Bertz CT molecular complexity index is 954. The van der Waals surface area contributed by atoms with Gasteiger partial charge in [0.25, 0.3) is 5.91 Å². The SMILES string of the molecule is CC(C)(C)c1ccc(OCC(=O)Nc2ccc3c(c2)N(C(=O)C2CCCC2)CC3)cc1. The van der Waals surface area contributed by atoms with Crippen molar-refractivity contribution >= 4 is 23.2 Å². The zero-order valence-corrected chi connectivity index (χ0v) is 18.7. The van der Waals surface area contributed by atoms with Crippen molar-refractivity contribution < 1.29 is 14.3 Å². The van der Waals surface area contributed by atoms with Gasteiger partial charge in [0.15, 0.2) is 6.61 Å². The summed E-state index contributed by atoms with van der Waals surface area (Å²) in [6.07, 6.45) is 5.15. The summed E-state index contributed by atoms with van der Waals surface area (Å²) in [5.41, 5.74) is 4.10. The van der Waals surface area contributed by atoms with Crippen LogP contribution in [0.5, 0.6) is 5.75 Å². The van der Waals surface area contributed by atoms with E-state index in [-0.39, 0.29) is 29.8 Å². The molecule has 1 saturated carbocycles. The van der Waals surface area contributed by atoms with E-state index in [1.807, 2.05) is 47.4 Å². The van der Waals surface area contributed by atoms with Gasteiger partial charge in [0, 0.05) is 23.8 Å². The molecule has 1 aliphatic heterocycles. The second-order valence-corrected chi connectivity index (χ2v) is 9.68. The highest BCUT2D eigenvalue weighted by Gasteiger charge is 2.32. The molecule has 1 N–H and O–H groups in total. The summed E-state index contributed by atoms with van der Waals surface area (Å²) < 4.78 is 5.65. The minimum absolute atomic E-state index is 0.0589. The topological polar surface area (TPSA) is 58.6 Å². The lowest BCUT2D eigenvalue weighted by molar-refractivity contribution is -0.122. The zero-order chi connectivity index (χ0) is 22.0. The number of carbonyl (C=O) groups is 2. The van der Waals surface area contributed by atoms with Gasteiger partial charge in [-0.15, -0.1) is 0 Å². The molecule has 1 aliphatic carbocycles. The van der Waals surface area contributed by atoms with Crippen LogP contribution in [0.4, 0.5) is 11.4 Å². The number of ether oxygens (including phenoxy) is 1. The molecule has 2 amide bonds. The van der Waals surface area contributed by atoms with Crippen molar-refractivity contribution in [3.05, 3.63) is 53.6 Å². The Balaban J connectivity index is 1.36. The molecule has 0 atom stereocenters. The highest BCUT2D eigenvalue weighted by atomic mass is 16.5. The van der Waals surface area contributed by atoms with Crippen LogP contribution in [0.1, 0.15) is 57.6 Å². The number of nitrogens with zero attached hydrogens (tertiary/aromatic N) is 1. The summed E-state index contributed by atoms with van der Waals surface area (Å²) in [4.78, 5) is 27.2. The molecule has 0 bridgehead atoms. The van der Waals surface area contributed by atoms with Gasteiger partial charge in [-0.05, 0) is 60.1 Å². The van der Waals surface area contributed by atoms with Gasteiger partial charge in [0.2, 0.25) is 5.91 Å². The zero-order valence-electron chi connectivity index (χ0n) is 18.7. The minimum Gasteiger partial charge on any atom is -0.484 e. The van der Waals surface area contributed by atoms with Crippen LogP contribution in [-0.4, -0.2) is 25.0 Å². The number of hydrogen-bond donors (Lipinski definition) is 1. The first-order valence-corrected chi connectivity index (χ1v) is 11.3. The Labute approximate surface area is 184 Å². The smallest absolute Gasteiger partial charge is 0.262 e. The van der Waals surface area contributed by atoms with Gasteiger partial charge in [-0.2, -0.15) is 0 Å². The highest BCUT2D eigenvalue weighted by molar-refractivity contribution is 5.99. The summed E-state index contributed by atoms with van der Waals surface area (Å²) in [6, 6.07) is 13.7. The van der Waals surface area contributed by atoms with E-state index in [0.717, 1.165) is 44.3 Å². The van der Waals surface area contributed by atoms with Gasteiger partial charge in [0.05, 0.1) is 0 Å². The minimum atomic E-state index is -0.216. The Morgan fingerprint density at radius 1 is 1.06 bits per heavy atom. The van der Waals surface area contributed by atoms with E-state index < -0.39 is 0 Å². The van der Waals surface area contributed by atoms with Gasteiger partial charge >= 0.3 is 0 Å². The molecule has 1 fully saturated rings. The van der Waals surface area contributed by atoms with Crippen LogP contribution in [0.25, 0.3) is 0 Å². The monoisotopic (exact) mass is 420 g/mol. The van der Waals surface area contributed by atoms with Gasteiger partial charge in [-0.25, -0.2) is 0 Å². The molecule has 0 saturated heterocycles. The standard InChI is InChI=1S/C26H32N2O3/c1-26(2,3)20-9-12-22(13-10-20)31-17-24(29)27-21-11-8-18-14-15-28(23(18)16-21)25(30)19-6-4-5-7-19/h8-13,16,19H,4-7,14-15,17H2,1-3H3,(H,27,29). The Hall–Kier alpha value is -2.82. The quantitative estimate of drug-likeness (QED) is 0.734. The second kappa shape index (κ2) is 8.74. The number of rotatable bonds is 5.